The third kappa shape index (κ3) is 3.67. The Morgan fingerprint density at radius 1 is 0.800 bits per heavy atom. The number of nitrogens with one attached hydrogen (secondary N) is 1. The zero-order valence-corrected chi connectivity index (χ0v) is 12.8. The average molecular weight is 268 g/mol. The molecule has 0 amide bonds. The maximum Gasteiger partial charge on any atom is 0.0315 e. The maximum atomic E-state index is 4.18. The van der Waals surface area contributed by atoms with Crippen molar-refractivity contribution < 1.29 is 0 Å². The highest BCUT2D eigenvalue weighted by Gasteiger charge is 2.11. The lowest BCUT2D eigenvalue weighted by atomic mass is 9.99. The third-order valence-corrected chi connectivity index (χ3v) is 3.79. The molecule has 2 atom stereocenters. The highest BCUT2D eigenvalue weighted by atomic mass is 14.9. The van der Waals surface area contributed by atoms with Crippen LogP contribution >= 0.6 is 0 Å². The number of aromatic nitrogens is 1. The molecular formula is C18H24N2. The molecule has 1 aromatic heterocycles. The first-order valence-corrected chi connectivity index (χ1v) is 7.33. The van der Waals surface area contributed by atoms with Crippen LogP contribution in [0.15, 0.2) is 48.8 Å². The van der Waals surface area contributed by atoms with E-state index in [4.69, 9.17) is 0 Å². The van der Waals surface area contributed by atoms with Gasteiger partial charge in [0.2, 0.25) is 0 Å². The third-order valence-electron chi connectivity index (χ3n) is 3.79. The fourth-order valence-corrected chi connectivity index (χ4v) is 2.37. The largest absolute Gasteiger partial charge is 0.304 e. The van der Waals surface area contributed by atoms with Crippen LogP contribution in [0.2, 0.25) is 0 Å². The van der Waals surface area contributed by atoms with Crippen LogP contribution in [-0.4, -0.2) is 4.98 Å². The molecule has 2 aromatic rings. The van der Waals surface area contributed by atoms with E-state index in [1.807, 2.05) is 18.5 Å². The standard InChI is InChI=1S/C18H24N2/c1-13(2)16-7-9-17(10-8-16)14(3)20-15(4)18-6-5-11-19-12-18/h5-15,20H,1-4H3/t14?,15-/m0/s1. The molecule has 0 saturated carbocycles. The molecular weight excluding hydrogens is 244 g/mol. The molecule has 1 unspecified atom stereocenters. The van der Waals surface area contributed by atoms with Crippen molar-refractivity contribution in [3.8, 4) is 0 Å². The van der Waals surface area contributed by atoms with E-state index in [2.05, 4.69) is 68.3 Å². The molecule has 0 spiro atoms. The van der Waals surface area contributed by atoms with E-state index >= 15 is 0 Å². The highest BCUT2D eigenvalue weighted by Crippen LogP contribution is 2.21. The van der Waals surface area contributed by atoms with Gasteiger partial charge in [-0.2, -0.15) is 0 Å². The van der Waals surface area contributed by atoms with E-state index in [1.165, 1.54) is 16.7 Å². The number of pyridine rings is 1. The summed E-state index contributed by atoms with van der Waals surface area (Å²) in [5.74, 6) is 0.585. The SMILES string of the molecule is CC(C)c1ccc(C(C)N[C@@H](C)c2cccnc2)cc1. The second-order valence-corrected chi connectivity index (χ2v) is 5.72. The zero-order valence-electron chi connectivity index (χ0n) is 12.8. The summed E-state index contributed by atoms with van der Waals surface area (Å²) in [6, 6.07) is 13.6. The van der Waals surface area contributed by atoms with Gasteiger partial charge in [0.15, 0.2) is 0 Å². The molecule has 0 aliphatic carbocycles. The molecule has 106 valence electrons. The fourth-order valence-electron chi connectivity index (χ4n) is 2.37. The summed E-state index contributed by atoms with van der Waals surface area (Å²) >= 11 is 0. The van der Waals surface area contributed by atoms with Crippen molar-refractivity contribution in [3.63, 3.8) is 0 Å². The molecule has 0 aliphatic rings. The molecule has 0 saturated heterocycles. The quantitative estimate of drug-likeness (QED) is 0.856. The minimum atomic E-state index is 0.295. The molecule has 1 heterocycles. The Morgan fingerprint density at radius 3 is 1.95 bits per heavy atom. The molecule has 0 fully saturated rings. The molecule has 2 rings (SSSR count). The van der Waals surface area contributed by atoms with Gasteiger partial charge >= 0.3 is 0 Å². The van der Waals surface area contributed by atoms with E-state index in [0.717, 1.165) is 0 Å². The lowest BCUT2D eigenvalue weighted by Crippen LogP contribution is -2.22. The summed E-state index contributed by atoms with van der Waals surface area (Å²) < 4.78 is 0. The molecule has 1 aromatic carbocycles. The number of benzene rings is 1. The van der Waals surface area contributed by atoms with Crippen LogP contribution in [0.25, 0.3) is 0 Å². The van der Waals surface area contributed by atoms with Crippen LogP contribution in [0.4, 0.5) is 0 Å². The Morgan fingerprint density at radius 2 is 1.40 bits per heavy atom. The van der Waals surface area contributed by atoms with Crippen LogP contribution in [0.5, 0.6) is 0 Å². The van der Waals surface area contributed by atoms with Crippen LogP contribution in [0, 0.1) is 0 Å². The molecule has 0 aliphatic heterocycles. The summed E-state index contributed by atoms with van der Waals surface area (Å²) in [5, 5.41) is 3.62. The molecule has 0 radical (unpaired) electrons. The Balaban J connectivity index is 2.02. The number of hydrogen-bond donors (Lipinski definition) is 1. The molecule has 20 heavy (non-hydrogen) atoms. The van der Waals surface area contributed by atoms with Gasteiger partial charge in [-0.15, -0.1) is 0 Å². The highest BCUT2D eigenvalue weighted by molar-refractivity contribution is 5.27. The predicted molar refractivity (Wildman–Crippen MR) is 84.7 cm³/mol. The monoisotopic (exact) mass is 268 g/mol. The van der Waals surface area contributed by atoms with E-state index in [1.54, 1.807) is 0 Å². The van der Waals surface area contributed by atoms with Crippen molar-refractivity contribution in [2.75, 3.05) is 0 Å². The van der Waals surface area contributed by atoms with Crippen LogP contribution in [0.1, 0.15) is 62.4 Å². The van der Waals surface area contributed by atoms with Crippen molar-refractivity contribution in [3.05, 3.63) is 65.5 Å². The van der Waals surface area contributed by atoms with Gasteiger partial charge in [-0.25, -0.2) is 0 Å². The van der Waals surface area contributed by atoms with Crippen LogP contribution < -0.4 is 5.32 Å². The summed E-state index contributed by atoms with van der Waals surface area (Å²) in [4.78, 5) is 4.18. The summed E-state index contributed by atoms with van der Waals surface area (Å²) in [6.07, 6.45) is 3.73. The second kappa shape index (κ2) is 6.67. The molecule has 2 nitrogen and oxygen atoms in total. The molecule has 0 bridgehead atoms. The van der Waals surface area contributed by atoms with Crippen molar-refractivity contribution in [1.82, 2.24) is 10.3 Å². The van der Waals surface area contributed by atoms with Gasteiger partial charge in [0.1, 0.15) is 0 Å². The van der Waals surface area contributed by atoms with E-state index < -0.39 is 0 Å². The van der Waals surface area contributed by atoms with Gasteiger partial charge in [-0.3, -0.25) is 4.98 Å². The summed E-state index contributed by atoms with van der Waals surface area (Å²) in [7, 11) is 0. The summed E-state index contributed by atoms with van der Waals surface area (Å²) in [6.45, 7) is 8.83. The van der Waals surface area contributed by atoms with Gasteiger partial charge in [-0.1, -0.05) is 44.2 Å². The minimum Gasteiger partial charge on any atom is -0.304 e. The normalized spacial score (nSPS) is 14.2. The van der Waals surface area contributed by atoms with Crippen LogP contribution in [-0.2, 0) is 0 Å². The van der Waals surface area contributed by atoms with Gasteiger partial charge in [0.05, 0.1) is 0 Å². The first-order chi connectivity index (χ1) is 9.58. The van der Waals surface area contributed by atoms with Gasteiger partial charge in [-0.05, 0) is 42.5 Å². The zero-order chi connectivity index (χ0) is 14.5. The number of rotatable bonds is 5. The first-order valence-electron chi connectivity index (χ1n) is 7.33. The number of nitrogens with zero attached hydrogens (tertiary/aromatic N) is 1. The molecule has 1 N–H and O–H groups in total. The second-order valence-electron chi connectivity index (χ2n) is 5.72. The average Bonchev–Trinajstić information content (AvgIpc) is 2.48. The minimum absolute atomic E-state index is 0.295. The van der Waals surface area contributed by atoms with Crippen molar-refractivity contribution in [2.45, 2.75) is 45.7 Å². The Bertz CT molecular complexity index is 517. The van der Waals surface area contributed by atoms with Gasteiger partial charge < -0.3 is 5.32 Å². The van der Waals surface area contributed by atoms with Crippen molar-refractivity contribution >= 4 is 0 Å². The topological polar surface area (TPSA) is 24.9 Å². The van der Waals surface area contributed by atoms with Gasteiger partial charge in [0, 0.05) is 24.5 Å². The smallest absolute Gasteiger partial charge is 0.0315 e. The fraction of sp³-hybridized carbons (Fsp3) is 0.389. The van der Waals surface area contributed by atoms with Crippen LogP contribution in [0.3, 0.4) is 0 Å². The first kappa shape index (κ1) is 14.7. The van der Waals surface area contributed by atoms with Gasteiger partial charge in [0.25, 0.3) is 0 Å². The lowest BCUT2D eigenvalue weighted by molar-refractivity contribution is 0.493. The Kier molecular flexibility index (Phi) is 4.91. The maximum absolute atomic E-state index is 4.18. The predicted octanol–water partition coefficient (Wildman–Crippen LogP) is 4.62. The van der Waals surface area contributed by atoms with Crippen molar-refractivity contribution in [2.24, 2.45) is 0 Å². The molecule has 2 heteroatoms. The number of hydrogen-bond acceptors (Lipinski definition) is 2. The van der Waals surface area contributed by atoms with E-state index in [0.29, 0.717) is 18.0 Å². The Labute approximate surface area is 122 Å². The Hall–Kier alpha value is -1.67. The lowest BCUT2D eigenvalue weighted by Gasteiger charge is -2.21. The summed E-state index contributed by atoms with van der Waals surface area (Å²) in [5.41, 5.74) is 3.93. The van der Waals surface area contributed by atoms with E-state index in [-0.39, 0.29) is 0 Å². The van der Waals surface area contributed by atoms with E-state index in [9.17, 15) is 0 Å². The van der Waals surface area contributed by atoms with Crippen molar-refractivity contribution in [1.29, 1.82) is 0 Å².